The molecule has 0 radical (unpaired) electrons. The van der Waals surface area contributed by atoms with Gasteiger partial charge in [0.1, 0.15) is 0 Å². The fourth-order valence-electron chi connectivity index (χ4n) is 1.86. The normalized spacial score (nSPS) is 10.0. The van der Waals surface area contributed by atoms with E-state index >= 15 is 0 Å². The Hall–Kier alpha value is -2.76. The molecule has 0 spiro atoms. The van der Waals surface area contributed by atoms with Gasteiger partial charge in [-0.2, -0.15) is 0 Å². The molecule has 0 aromatic heterocycles. The third-order valence-electron chi connectivity index (χ3n) is 2.94. The molecule has 2 rings (SSSR count). The molecule has 0 saturated carbocycles. The average molecular weight is 290 g/mol. The third-order valence-corrected chi connectivity index (χ3v) is 2.94. The highest BCUT2D eigenvalue weighted by molar-refractivity contribution is 5.98. The summed E-state index contributed by atoms with van der Waals surface area (Å²) in [4.78, 5) is 11.6. The molecule has 3 N–H and O–H groups in total. The molecule has 0 amide bonds. The van der Waals surface area contributed by atoms with Crippen molar-refractivity contribution in [2.24, 2.45) is 0 Å². The summed E-state index contributed by atoms with van der Waals surface area (Å²) in [6.07, 6.45) is 0. The molecule has 2 aromatic rings. The Kier molecular flexibility index (Phi) is 4.27. The fourth-order valence-corrected chi connectivity index (χ4v) is 1.86. The molecule has 0 aliphatic rings. The smallest absolute Gasteiger partial charge is 0.340 e. The van der Waals surface area contributed by atoms with Crippen molar-refractivity contribution in [3.63, 3.8) is 0 Å². The molecule has 0 atom stereocenters. The van der Waals surface area contributed by atoms with Crippen molar-refractivity contribution in [1.29, 1.82) is 0 Å². The number of hydrogen-bond acceptors (Lipinski definition) is 5. The van der Waals surface area contributed by atoms with Crippen LogP contribution < -0.4 is 15.8 Å². The first-order valence-corrected chi connectivity index (χ1v) is 6.14. The first kappa shape index (κ1) is 14.6. The molecule has 110 valence electrons. The third kappa shape index (κ3) is 3.05. The van der Waals surface area contributed by atoms with Gasteiger partial charge in [0.2, 0.25) is 0 Å². The number of carbonyl (C=O) groups is 1. The zero-order valence-corrected chi connectivity index (χ0v) is 11.6. The van der Waals surface area contributed by atoms with E-state index in [4.69, 9.17) is 10.5 Å². The summed E-state index contributed by atoms with van der Waals surface area (Å²) in [6.45, 7) is 0. The van der Waals surface area contributed by atoms with Crippen LogP contribution in [0.25, 0.3) is 0 Å². The van der Waals surface area contributed by atoms with Gasteiger partial charge in [-0.25, -0.2) is 9.18 Å². The zero-order chi connectivity index (χ0) is 15.4. The van der Waals surface area contributed by atoms with Crippen LogP contribution in [0.2, 0.25) is 0 Å². The topological polar surface area (TPSA) is 73.6 Å². The standard InChI is InChI=1S/C15H15FN2O3/c1-20-13-7-6-9(8-11(13)16)18-12-5-3-4-10(14(12)17)15(19)21-2/h3-8,18H,17H2,1-2H3. The zero-order valence-electron chi connectivity index (χ0n) is 11.6. The van der Waals surface area contributed by atoms with Gasteiger partial charge in [-0.3, -0.25) is 0 Å². The van der Waals surface area contributed by atoms with E-state index in [-0.39, 0.29) is 17.0 Å². The van der Waals surface area contributed by atoms with Gasteiger partial charge in [0.05, 0.1) is 31.2 Å². The molecule has 21 heavy (non-hydrogen) atoms. The van der Waals surface area contributed by atoms with E-state index in [1.165, 1.54) is 26.4 Å². The minimum absolute atomic E-state index is 0.150. The monoisotopic (exact) mass is 290 g/mol. The van der Waals surface area contributed by atoms with E-state index in [2.05, 4.69) is 10.1 Å². The first-order chi connectivity index (χ1) is 10.1. The van der Waals surface area contributed by atoms with Gasteiger partial charge in [-0.15, -0.1) is 0 Å². The van der Waals surface area contributed by atoms with Gasteiger partial charge in [0, 0.05) is 11.8 Å². The van der Waals surface area contributed by atoms with Gasteiger partial charge >= 0.3 is 5.97 Å². The molecule has 0 unspecified atom stereocenters. The minimum atomic E-state index is -0.530. The first-order valence-electron chi connectivity index (χ1n) is 6.14. The van der Waals surface area contributed by atoms with Crippen LogP contribution in [-0.4, -0.2) is 20.2 Å². The number of para-hydroxylation sites is 1. The maximum atomic E-state index is 13.6. The lowest BCUT2D eigenvalue weighted by Gasteiger charge is -2.12. The molecule has 0 aliphatic carbocycles. The van der Waals surface area contributed by atoms with Crippen LogP contribution in [0.3, 0.4) is 0 Å². The maximum absolute atomic E-state index is 13.6. The lowest BCUT2D eigenvalue weighted by atomic mass is 10.1. The number of nitrogens with one attached hydrogen (secondary N) is 1. The molecule has 0 bridgehead atoms. The molecule has 6 heteroatoms. The van der Waals surface area contributed by atoms with E-state index in [9.17, 15) is 9.18 Å². The summed E-state index contributed by atoms with van der Waals surface area (Å²) < 4.78 is 23.1. The van der Waals surface area contributed by atoms with Gasteiger partial charge in [0.15, 0.2) is 11.6 Å². The number of halogens is 1. The van der Waals surface area contributed by atoms with Crippen LogP contribution in [-0.2, 0) is 4.74 Å². The van der Waals surface area contributed by atoms with Gasteiger partial charge in [0.25, 0.3) is 0 Å². The minimum Gasteiger partial charge on any atom is -0.494 e. The van der Waals surface area contributed by atoms with E-state index in [1.54, 1.807) is 24.3 Å². The van der Waals surface area contributed by atoms with Crippen LogP contribution in [0, 0.1) is 5.82 Å². The van der Waals surface area contributed by atoms with E-state index < -0.39 is 11.8 Å². The molecular weight excluding hydrogens is 275 g/mol. The van der Waals surface area contributed by atoms with Crippen LogP contribution in [0.4, 0.5) is 21.5 Å². The molecule has 5 nitrogen and oxygen atoms in total. The van der Waals surface area contributed by atoms with E-state index in [1.807, 2.05) is 0 Å². The Morgan fingerprint density at radius 1 is 1.24 bits per heavy atom. The summed E-state index contributed by atoms with van der Waals surface area (Å²) in [5.74, 6) is -0.876. The molecule has 0 heterocycles. The predicted molar refractivity (Wildman–Crippen MR) is 78.4 cm³/mol. The number of esters is 1. The quantitative estimate of drug-likeness (QED) is 0.669. The lowest BCUT2D eigenvalue weighted by molar-refractivity contribution is 0.0602. The van der Waals surface area contributed by atoms with Crippen LogP contribution in [0.1, 0.15) is 10.4 Å². The van der Waals surface area contributed by atoms with Crippen molar-refractivity contribution in [2.75, 3.05) is 25.3 Å². The molecule has 2 aromatic carbocycles. The average Bonchev–Trinajstić information content (AvgIpc) is 2.49. The number of benzene rings is 2. The number of rotatable bonds is 4. The molecule has 0 saturated heterocycles. The summed E-state index contributed by atoms with van der Waals surface area (Å²) in [5, 5.41) is 2.96. The Morgan fingerprint density at radius 2 is 2.00 bits per heavy atom. The number of nitrogens with two attached hydrogens (primary N) is 1. The van der Waals surface area contributed by atoms with Crippen molar-refractivity contribution in [3.8, 4) is 5.75 Å². The van der Waals surface area contributed by atoms with E-state index in [0.717, 1.165) is 0 Å². The lowest BCUT2D eigenvalue weighted by Crippen LogP contribution is -2.07. The van der Waals surface area contributed by atoms with E-state index in [0.29, 0.717) is 11.4 Å². The maximum Gasteiger partial charge on any atom is 0.340 e. The van der Waals surface area contributed by atoms with Crippen molar-refractivity contribution >= 4 is 23.0 Å². The van der Waals surface area contributed by atoms with Crippen molar-refractivity contribution in [1.82, 2.24) is 0 Å². The Labute approximate surface area is 121 Å². The second-order valence-corrected chi connectivity index (χ2v) is 4.23. The van der Waals surface area contributed by atoms with Crippen molar-refractivity contribution in [3.05, 3.63) is 47.8 Å². The van der Waals surface area contributed by atoms with Crippen LogP contribution >= 0.6 is 0 Å². The SMILES string of the molecule is COC(=O)c1cccc(Nc2ccc(OC)c(F)c2)c1N. The number of nitrogen functional groups attached to an aromatic ring is 1. The summed E-state index contributed by atoms with van der Waals surface area (Å²) in [7, 11) is 2.67. The highest BCUT2D eigenvalue weighted by Gasteiger charge is 2.13. The van der Waals surface area contributed by atoms with Crippen LogP contribution in [0.15, 0.2) is 36.4 Å². The van der Waals surface area contributed by atoms with Crippen molar-refractivity contribution in [2.45, 2.75) is 0 Å². The predicted octanol–water partition coefficient (Wildman–Crippen LogP) is 2.95. The summed E-state index contributed by atoms with van der Waals surface area (Å²) >= 11 is 0. The second kappa shape index (κ2) is 6.13. The van der Waals surface area contributed by atoms with Gasteiger partial charge in [-0.1, -0.05) is 6.07 Å². The Balaban J connectivity index is 2.32. The summed E-state index contributed by atoms with van der Waals surface area (Å²) in [5.41, 5.74) is 7.38. The molecular formula is C15H15FN2O3. The number of methoxy groups -OCH3 is 2. The second-order valence-electron chi connectivity index (χ2n) is 4.23. The Morgan fingerprint density at radius 3 is 2.62 bits per heavy atom. The summed E-state index contributed by atoms with van der Waals surface area (Å²) in [6, 6.07) is 9.32. The largest absolute Gasteiger partial charge is 0.494 e. The van der Waals surface area contributed by atoms with Gasteiger partial charge in [-0.05, 0) is 24.3 Å². The highest BCUT2D eigenvalue weighted by Crippen LogP contribution is 2.28. The van der Waals surface area contributed by atoms with Gasteiger partial charge < -0.3 is 20.5 Å². The number of anilines is 3. The fraction of sp³-hybridized carbons (Fsp3) is 0.133. The Bertz CT molecular complexity index is 674. The molecule has 0 fully saturated rings. The number of hydrogen-bond donors (Lipinski definition) is 2. The highest BCUT2D eigenvalue weighted by atomic mass is 19.1. The number of ether oxygens (including phenoxy) is 2. The van der Waals surface area contributed by atoms with Crippen LogP contribution in [0.5, 0.6) is 5.75 Å². The molecule has 0 aliphatic heterocycles. The van der Waals surface area contributed by atoms with Crippen molar-refractivity contribution < 1.29 is 18.7 Å². The number of carbonyl (C=O) groups excluding carboxylic acids is 1.